The molecule has 107 heavy (non-hydrogen) atoms. The molecule has 0 aromatic rings. The van der Waals surface area contributed by atoms with E-state index in [4.69, 9.17) is 32.3 Å². The van der Waals surface area contributed by atoms with Crippen LogP contribution in [-0.4, -0.2) is 95.9 Å². The largest absolute Gasteiger partial charge is 0.472 e. The summed E-state index contributed by atoms with van der Waals surface area (Å²) in [4.78, 5) is 58.8. The Balaban J connectivity index is 4.61. The van der Waals surface area contributed by atoms with E-state index in [0.717, 1.165) is 180 Å². The molecule has 0 radical (unpaired) electrons. The molecule has 0 aromatic carbocycles. The number of aliphatic hydroxyl groups is 2. The molecule has 0 heterocycles. The third kappa shape index (κ3) is 82.2. The number of hydrogen-bond acceptors (Lipinski definition) is 14. The van der Waals surface area contributed by atoms with Gasteiger partial charge in [-0.25, -0.2) is 9.13 Å². The molecule has 0 aliphatic carbocycles. The summed E-state index contributed by atoms with van der Waals surface area (Å²) >= 11 is 0. The molecule has 0 fully saturated rings. The topological polar surface area (TPSA) is 231 Å². The Hall–Kier alpha value is -4.57. The molecule has 5 unspecified atom stereocenters. The van der Waals surface area contributed by atoms with Gasteiger partial charge in [-0.2, -0.15) is 0 Å². The van der Waals surface area contributed by atoms with Gasteiger partial charge in [0.15, 0.2) is 6.10 Å². The van der Waals surface area contributed by atoms with Crippen LogP contribution in [0.1, 0.15) is 342 Å². The number of carbonyl (C=O) groups excluding carboxylic acids is 3. The highest BCUT2D eigenvalue weighted by molar-refractivity contribution is 7.47. The summed E-state index contributed by atoms with van der Waals surface area (Å²) in [5.74, 6) is -1.60. The van der Waals surface area contributed by atoms with E-state index in [1.165, 1.54) is 103 Å². The summed E-state index contributed by atoms with van der Waals surface area (Å²) in [5, 5.41) is 20.7. The van der Waals surface area contributed by atoms with E-state index in [0.29, 0.717) is 19.3 Å². The maximum absolute atomic E-state index is 13.0. The van der Waals surface area contributed by atoms with Crippen molar-refractivity contribution in [1.82, 2.24) is 0 Å². The monoisotopic (exact) mass is 1540 g/mol. The Labute approximate surface area is 651 Å². The highest BCUT2D eigenvalue weighted by Gasteiger charge is 2.29. The van der Waals surface area contributed by atoms with Crippen molar-refractivity contribution in [2.45, 2.75) is 360 Å². The first kappa shape index (κ1) is 102. The Morgan fingerprint density at radius 2 is 0.495 bits per heavy atom. The molecular weight excluding hydrogens is 1390 g/mol. The van der Waals surface area contributed by atoms with E-state index in [9.17, 15) is 43.5 Å². The third-order valence-corrected chi connectivity index (χ3v) is 19.4. The second kappa shape index (κ2) is 80.9. The first-order chi connectivity index (χ1) is 52.2. The summed E-state index contributed by atoms with van der Waals surface area (Å²) in [6.45, 7) is 2.51. The lowest BCUT2D eigenvalue weighted by Crippen LogP contribution is -2.30. The van der Waals surface area contributed by atoms with Crippen LogP contribution in [0.15, 0.2) is 146 Å². The number of ether oxygens (including phenoxy) is 3. The SMILES string of the molecule is CC/C=C\C/C=C\C/C=C\C/C=C\C/C=C\CCCCCCCCCCCCCCCC(=O)OCC(O)COP(=O)(O)OCC(O)COP(=O)(O)OCC(COC(=O)CCCCCCCCC/C=C\C/C=C\C/C=C\C/C=C\CCCCC)OC(=O)CCCCCCCC/C=C\C/C=C\C/C=C\CCCCC. The highest BCUT2D eigenvalue weighted by atomic mass is 31.2. The zero-order chi connectivity index (χ0) is 78.0. The van der Waals surface area contributed by atoms with Crippen molar-refractivity contribution in [3.05, 3.63) is 146 Å². The number of carbonyl (C=O) groups is 3. The fourth-order valence-corrected chi connectivity index (χ4v) is 12.7. The molecule has 0 amide bonds. The number of phosphoric ester groups is 2. The fraction of sp³-hybridized carbons (Fsp3) is 0.697. The van der Waals surface area contributed by atoms with Gasteiger partial charge in [0.1, 0.15) is 25.4 Å². The lowest BCUT2D eigenvalue weighted by molar-refractivity contribution is -0.161. The lowest BCUT2D eigenvalue weighted by Gasteiger charge is -2.21. The number of rotatable bonds is 79. The normalized spacial score (nSPS) is 14.6. The average molecular weight is 1540 g/mol. The smallest absolute Gasteiger partial charge is 0.463 e. The third-order valence-electron chi connectivity index (χ3n) is 17.5. The van der Waals surface area contributed by atoms with Crippen molar-refractivity contribution in [1.29, 1.82) is 0 Å². The molecule has 0 rings (SSSR count). The molecule has 0 bridgehead atoms. The van der Waals surface area contributed by atoms with Gasteiger partial charge in [-0.05, 0) is 148 Å². The predicted octanol–water partition coefficient (Wildman–Crippen LogP) is 25.2. The quantitative estimate of drug-likeness (QED) is 0.0146. The van der Waals surface area contributed by atoms with Crippen molar-refractivity contribution in [2.24, 2.45) is 0 Å². The molecule has 0 aliphatic heterocycles. The molecule has 0 spiro atoms. The van der Waals surface area contributed by atoms with Crippen molar-refractivity contribution in [2.75, 3.05) is 39.6 Å². The lowest BCUT2D eigenvalue weighted by atomic mass is 10.0. The molecule has 4 N–H and O–H groups in total. The van der Waals surface area contributed by atoms with Crippen LogP contribution in [0.3, 0.4) is 0 Å². The van der Waals surface area contributed by atoms with E-state index < -0.39 is 91.5 Å². The van der Waals surface area contributed by atoms with Crippen LogP contribution < -0.4 is 0 Å². The van der Waals surface area contributed by atoms with Gasteiger partial charge in [-0.1, -0.05) is 321 Å². The van der Waals surface area contributed by atoms with E-state index in [2.05, 4.69) is 167 Å². The highest BCUT2D eigenvalue weighted by Crippen LogP contribution is 2.45. The van der Waals surface area contributed by atoms with Crippen LogP contribution in [0.4, 0.5) is 0 Å². The van der Waals surface area contributed by atoms with E-state index in [-0.39, 0.29) is 19.3 Å². The van der Waals surface area contributed by atoms with E-state index >= 15 is 0 Å². The molecule has 0 saturated carbocycles. The van der Waals surface area contributed by atoms with Crippen molar-refractivity contribution in [3.8, 4) is 0 Å². The van der Waals surface area contributed by atoms with Gasteiger partial charge in [0, 0.05) is 19.3 Å². The summed E-state index contributed by atoms with van der Waals surface area (Å²) in [6, 6.07) is 0. The molecule has 5 atom stereocenters. The first-order valence-electron chi connectivity index (χ1n) is 42.1. The minimum absolute atomic E-state index is 0.0843. The van der Waals surface area contributed by atoms with E-state index in [1.807, 2.05) is 0 Å². The molecular formula is C89H152O16P2. The van der Waals surface area contributed by atoms with Gasteiger partial charge >= 0.3 is 33.6 Å². The van der Waals surface area contributed by atoms with Crippen molar-refractivity contribution in [3.63, 3.8) is 0 Å². The molecule has 0 saturated heterocycles. The number of esters is 3. The van der Waals surface area contributed by atoms with Crippen LogP contribution >= 0.6 is 15.6 Å². The molecule has 18 heteroatoms. The predicted molar refractivity (Wildman–Crippen MR) is 445 cm³/mol. The number of aliphatic hydroxyl groups excluding tert-OH is 2. The second-order valence-electron chi connectivity index (χ2n) is 27.9. The van der Waals surface area contributed by atoms with Gasteiger partial charge in [-0.15, -0.1) is 0 Å². The number of unbranched alkanes of at least 4 members (excludes halogenated alkanes) is 32. The van der Waals surface area contributed by atoms with Gasteiger partial charge in [-0.3, -0.25) is 32.5 Å². The maximum Gasteiger partial charge on any atom is 0.472 e. The standard InChI is InChI=1S/C89H152O16P2/c1-4-7-10-13-16-19-22-25-28-31-34-36-38-39-40-41-42-43-45-47-49-51-54-57-60-63-66-69-72-75-87(92)99-78-84(90)79-101-106(95,96)102-80-85(91)81-103-107(97,98)104-83-86(105-89(94)77-74-71-68-65-62-59-56-53-48-33-30-27-24-21-18-15-12-9-6-3)82-100-88(93)76-73-70-67-64-61-58-55-52-50-46-44-37-35-32-29-26-23-20-17-14-11-8-5-2/h7,10,16-21,25-30,34-37,39-40,46,48,50,53,84-86,90-91H,4-6,8-9,11-15,22-24,31-33,38,41-45,47,49,51-52,54-83H2,1-3H3,(H,95,96)(H,97,98)/b10-7-,19-16-,20-17-,21-18-,28-25-,29-26-,30-27-,36-34-,37-35-,40-39-,50-46-,53-48-. The minimum Gasteiger partial charge on any atom is -0.463 e. The molecule has 16 nitrogen and oxygen atoms in total. The number of allylic oxidation sites excluding steroid dienone is 24. The number of hydrogen-bond donors (Lipinski definition) is 4. The van der Waals surface area contributed by atoms with Crippen LogP contribution in [0.25, 0.3) is 0 Å². The summed E-state index contributed by atoms with van der Waals surface area (Å²) in [7, 11) is -9.81. The Morgan fingerprint density at radius 3 is 0.785 bits per heavy atom. The van der Waals surface area contributed by atoms with Gasteiger partial charge < -0.3 is 34.2 Å². The summed E-state index contributed by atoms with van der Waals surface area (Å²) in [5.41, 5.74) is 0. The van der Waals surface area contributed by atoms with Crippen LogP contribution in [-0.2, 0) is 55.8 Å². The van der Waals surface area contributed by atoms with Crippen LogP contribution in [0.5, 0.6) is 0 Å². The summed E-state index contributed by atoms with van der Waals surface area (Å²) < 4.78 is 61.3. The van der Waals surface area contributed by atoms with Crippen molar-refractivity contribution >= 4 is 33.6 Å². The Morgan fingerprint density at radius 1 is 0.271 bits per heavy atom. The first-order valence-corrected chi connectivity index (χ1v) is 45.1. The van der Waals surface area contributed by atoms with Crippen LogP contribution in [0, 0.1) is 0 Å². The van der Waals surface area contributed by atoms with Crippen LogP contribution in [0.2, 0.25) is 0 Å². The molecule has 614 valence electrons. The minimum atomic E-state index is -4.94. The van der Waals surface area contributed by atoms with Gasteiger partial charge in [0.05, 0.1) is 26.4 Å². The van der Waals surface area contributed by atoms with Gasteiger partial charge in [0.25, 0.3) is 0 Å². The van der Waals surface area contributed by atoms with Gasteiger partial charge in [0.2, 0.25) is 0 Å². The fourth-order valence-electron chi connectivity index (χ4n) is 11.1. The van der Waals surface area contributed by atoms with E-state index in [1.54, 1.807) is 0 Å². The maximum atomic E-state index is 13.0. The zero-order valence-electron chi connectivity index (χ0n) is 67.3. The molecule has 0 aromatic heterocycles. The average Bonchev–Trinajstić information content (AvgIpc) is 0.907. The number of phosphoric acid groups is 2. The van der Waals surface area contributed by atoms with Crippen molar-refractivity contribution < 1.29 is 75.8 Å². The zero-order valence-corrected chi connectivity index (χ0v) is 69.1. The Kier molecular flexibility index (Phi) is 77.5. The second-order valence-corrected chi connectivity index (χ2v) is 30.8. The Bertz CT molecular complexity index is 2530. The molecule has 0 aliphatic rings. The summed E-state index contributed by atoms with van der Waals surface area (Å²) in [6.07, 6.45) is 100.